The number of fused-ring (bicyclic) bond motifs is 1. The predicted octanol–water partition coefficient (Wildman–Crippen LogP) is 3.95. The van der Waals surface area contributed by atoms with Crippen LogP contribution in [0.4, 0.5) is 13.2 Å². The molecule has 0 aliphatic heterocycles. The second-order valence-electron chi connectivity index (χ2n) is 7.26. The summed E-state index contributed by atoms with van der Waals surface area (Å²) in [5.41, 5.74) is 0.928. The highest BCUT2D eigenvalue weighted by molar-refractivity contribution is 5.83. The summed E-state index contributed by atoms with van der Waals surface area (Å²) in [6.07, 6.45) is 1.19. The molecule has 0 radical (unpaired) electrons. The monoisotopic (exact) mass is 441 g/mol. The van der Waals surface area contributed by atoms with Gasteiger partial charge in [0.25, 0.3) is 5.56 Å². The number of H-pyrrole nitrogens is 2. The lowest BCUT2D eigenvalue weighted by Crippen LogP contribution is -2.18. The molecule has 1 atom stereocenters. The van der Waals surface area contributed by atoms with Crippen molar-refractivity contribution >= 4 is 16.9 Å². The highest BCUT2D eigenvalue weighted by Gasteiger charge is 2.28. The molecule has 0 bridgehead atoms. The van der Waals surface area contributed by atoms with Crippen molar-refractivity contribution in [2.45, 2.75) is 18.8 Å². The van der Waals surface area contributed by atoms with Crippen LogP contribution >= 0.6 is 0 Å². The first-order valence-corrected chi connectivity index (χ1v) is 9.72. The Morgan fingerprint density at radius 3 is 2.59 bits per heavy atom. The van der Waals surface area contributed by atoms with E-state index >= 15 is 0 Å². The van der Waals surface area contributed by atoms with Crippen molar-refractivity contribution in [1.29, 1.82) is 0 Å². The number of nitrogens with one attached hydrogen (secondary N) is 2. The molecule has 0 aliphatic rings. The second-order valence-corrected chi connectivity index (χ2v) is 7.26. The van der Waals surface area contributed by atoms with E-state index in [4.69, 9.17) is 4.74 Å². The standard InChI is InChI=1S/C23H18F3N3O3/c1-32-20(30)10-15(14-6-2-4-12-5-3-7-27-22(12)14)21-19(28-29-23(21)31)9-13-8-17(25)18(26)11-16(13)24/h2-8,11,15H,9-10H2,1H3,(H2,28,29,31). The molecule has 0 fully saturated rings. The fourth-order valence-electron chi connectivity index (χ4n) is 3.83. The Balaban J connectivity index is 1.86. The Bertz CT molecular complexity index is 1360. The Hall–Kier alpha value is -3.88. The van der Waals surface area contributed by atoms with E-state index in [0.29, 0.717) is 17.1 Å². The molecular weight excluding hydrogens is 423 g/mol. The zero-order valence-electron chi connectivity index (χ0n) is 16.9. The van der Waals surface area contributed by atoms with Gasteiger partial charge in [0.05, 0.1) is 19.0 Å². The van der Waals surface area contributed by atoms with Gasteiger partial charge in [-0.25, -0.2) is 13.2 Å². The zero-order chi connectivity index (χ0) is 22.8. The average molecular weight is 441 g/mol. The second kappa shape index (κ2) is 8.70. The number of carbonyl (C=O) groups excluding carboxylic acids is 1. The van der Waals surface area contributed by atoms with Gasteiger partial charge in [-0.1, -0.05) is 24.3 Å². The van der Waals surface area contributed by atoms with Gasteiger partial charge in [-0.15, -0.1) is 0 Å². The molecule has 4 rings (SSSR count). The summed E-state index contributed by atoms with van der Waals surface area (Å²) in [5, 5.41) is 5.94. The predicted molar refractivity (Wildman–Crippen MR) is 111 cm³/mol. The van der Waals surface area contributed by atoms with Crippen molar-refractivity contribution in [3.63, 3.8) is 0 Å². The summed E-state index contributed by atoms with van der Waals surface area (Å²) in [5.74, 6) is -4.80. The number of para-hydroxylation sites is 1. The highest BCUT2D eigenvalue weighted by atomic mass is 19.2. The lowest BCUT2D eigenvalue weighted by atomic mass is 9.86. The van der Waals surface area contributed by atoms with Crippen molar-refractivity contribution in [2.75, 3.05) is 7.11 Å². The first-order valence-electron chi connectivity index (χ1n) is 9.72. The third-order valence-corrected chi connectivity index (χ3v) is 5.34. The molecule has 1 unspecified atom stereocenters. The van der Waals surface area contributed by atoms with Crippen molar-refractivity contribution < 1.29 is 22.7 Å². The molecule has 0 aliphatic carbocycles. The third kappa shape index (κ3) is 4.01. The highest BCUT2D eigenvalue weighted by Crippen LogP contribution is 2.33. The van der Waals surface area contributed by atoms with Crippen LogP contribution in [0.1, 0.15) is 34.7 Å². The number of ether oxygens (including phenoxy) is 1. The maximum atomic E-state index is 14.3. The number of benzene rings is 2. The molecule has 2 aromatic heterocycles. The van der Waals surface area contributed by atoms with Gasteiger partial charge in [0, 0.05) is 41.2 Å². The van der Waals surface area contributed by atoms with Crippen molar-refractivity contribution in [3.05, 3.63) is 98.9 Å². The minimum atomic E-state index is -1.31. The topological polar surface area (TPSA) is 87.8 Å². The Morgan fingerprint density at radius 2 is 1.81 bits per heavy atom. The average Bonchev–Trinajstić information content (AvgIpc) is 3.15. The summed E-state index contributed by atoms with van der Waals surface area (Å²) in [6.45, 7) is 0. The number of aromatic amines is 2. The number of nitrogens with zero attached hydrogens (tertiary/aromatic N) is 1. The van der Waals surface area contributed by atoms with Crippen molar-refractivity contribution in [2.24, 2.45) is 0 Å². The minimum absolute atomic E-state index is 0.145. The van der Waals surface area contributed by atoms with Crippen LogP contribution in [0.15, 0.2) is 53.5 Å². The normalized spacial score (nSPS) is 12.1. The van der Waals surface area contributed by atoms with Gasteiger partial charge in [0.1, 0.15) is 5.82 Å². The number of pyridine rings is 1. The number of methoxy groups -OCH3 is 1. The molecule has 2 heterocycles. The smallest absolute Gasteiger partial charge is 0.306 e. The van der Waals surface area contributed by atoms with Crippen LogP contribution in [0.25, 0.3) is 10.9 Å². The SMILES string of the molecule is COC(=O)CC(c1c(Cc2cc(F)c(F)cc2F)[nH][nH]c1=O)c1cccc2cccnc12. The first-order chi connectivity index (χ1) is 15.4. The van der Waals surface area contributed by atoms with Crippen LogP contribution in [0.2, 0.25) is 0 Å². The number of rotatable bonds is 6. The van der Waals surface area contributed by atoms with Gasteiger partial charge in [0.15, 0.2) is 11.6 Å². The number of esters is 1. The van der Waals surface area contributed by atoms with E-state index < -0.39 is 34.9 Å². The van der Waals surface area contributed by atoms with E-state index in [1.807, 2.05) is 12.1 Å². The summed E-state index contributed by atoms with van der Waals surface area (Å²) in [7, 11) is 1.24. The Kier molecular flexibility index (Phi) is 5.81. The maximum Gasteiger partial charge on any atom is 0.306 e. The molecule has 32 heavy (non-hydrogen) atoms. The molecule has 0 spiro atoms. The largest absolute Gasteiger partial charge is 0.469 e. The number of halogens is 3. The van der Waals surface area contributed by atoms with Crippen LogP contribution in [0.5, 0.6) is 0 Å². The molecular formula is C23H18F3N3O3. The van der Waals surface area contributed by atoms with Crippen LogP contribution in [-0.4, -0.2) is 28.3 Å². The number of aromatic nitrogens is 3. The van der Waals surface area contributed by atoms with E-state index in [0.717, 1.165) is 11.5 Å². The Labute approximate surface area is 180 Å². The van der Waals surface area contributed by atoms with Crippen LogP contribution in [-0.2, 0) is 16.0 Å². The van der Waals surface area contributed by atoms with Gasteiger partial charge >= 0.3 is 5.97 Å². The van der Waals surface area contributed by atoms with Gasteiger partial charge in [-0.3, -0.25) is 19.7 Å². The molecule has 0 saturated heterocycles. The zero-order valence-corrected chi connectivity index (χ0v) is 16.9. The van der Waals surface area contributed by atoms with E-state index in [-0.39, 0.29) is 29.7 Å². The molecule has 0 saturated carbocycles. The van der Waals surface area contributed by atoms with Gasteiger partial charge < -0.3 is 9.84 Å². The van der Waals surface area contributed by atoms with Crippen LogP contribution in [0.3, 0.4) is 0 Å². The van der Waals surface area contributed by atoms with Crippen LogP contribution < -0.4 is 5.56 Å². The summed E-state index contributed by atoms with van der Waals surface area (Å²) < 4.78 is 46.1. The first kappa shape index (κ1) is 21.4. The third-order valence-electron chi connectivity index (χ3n) is 5.34. The number of hydrogen-bond donors (Lipinski definition) is 2. The van der Waals surface area contributed by atoms with E-state index in [1.54, 1.807) is 24.4 Å². The summed E-state index contributed by atoms with van der Waals surface area (Å²) in [4.78, 5) is 29.4. The van der Waals surface area contributed by atoms with Crippen molar-refractivity contribution in [1.82, 2.24) is 15.2 Å². The fraction of sp³-hybridized carbons (Fsp3) is 0.174. The van der Waals surface area contributed by atoms with Gasteiger partial charge in [-0.05, 0) is 23.3 Å². The molecule has 9 heteroatoms. The maximum absolute atomic E-state index is 14.3. The molecule has 6 nitrogen and oxygen atoms in total. The van der Waals surface area contributed by atoms with E-state index in [1.165, 1.54) is 7.11 Å². The lowest BCUT2D eigenvalue weighted by molar-refractivity contribution is -0.140. The molecule has 4 aromatic rings. The number of hydrogen-bond acceptors (Lipinski definition) is 4. The summed E-state index contributed by atoms with van der Waals surface area (Å²) in [6, 6.07) is 10.2. The van der Waals surface area contributed by atoms with Crippen LogP contribution in [0, 0.1) is 17.5 Å². The van der Waals surface area contributed by atoms with Crippen molar-refractivity contribution in [3.8, 4) is 0 Å². The molecule has 164 valence electrons. The lowest BCUT2D eigenvalue weighted by Gasteiger charge is -2.18. The molecule has 2 aromatic carbocycles. The quantitative estimate of drug-likeness (QED) is 0.350. The summed E-state index contributed by atoms with van der Waals surface area (Å²) >= 11 is 0. The van der Waals surface area contributed by atoms with Gasteiger partial charge in [-0.2, -0.15) is 0 Å². The molecule has 0 amide bonds. The van der Waals surface area contributed by atoms with Gasteiger partial charge in [0.2, 0.25) is 0 Å². The number of carbonyl (C=O) groups is 1. The fourth-order valence-corrected chi connectivity index (χ4v) is 3.83. The van der Waals surface area contributed by atoms with E-state index in [2.05, 4.69) is 15.2 Å². The van der Waals surface area contributed by atoms with E-state index in [9.17, 15) is 22.8 Å². The Morgan fingerprint density at radius 1 is 1.06 bits per heavy atom. The molecule has 2 N–H and O–H groups in total. The minimum Gasteiger partial charge on any atom is -0.469 e.